The molecule has 1 N–H and O–H groups in total. The molecular weight excluding hydrogens is 456 g/mol. The third kappa shape index (κ3) is 5.97. The number of hydrogen-bond donors (Lipinski definition) is 1. The standard InChI is InChI=1S/C27H32ClF2N3O/c1-2-11-32(12-3-4-21-17-31-26-8-6-22(29)16-23(21)26)18-19-9-13-33(14-10-19)27(34)20-5-7-25(30)24(28)15-20/h5-8,15-17,19,31H,2-4,9-14,18H2,1H3. The maximum Gasteiger partial charge on any atom is 0.253 e. The van der Waals surface area contributed by atoms with Crippen molar-refractivity contribution >= 4 is 28.4 Å². The number of benzene rings is 2. The summed E-state index contributed by atoms with van der Waals surface area (Å²) in [7, 11) is 0. The summed E-state index contributed by atoms with van der Waals surface area (Å²) in [4.78, 5) is 20.4. The Hall–Kier alpha value is -2.44. The third-order valence-electron chi connectivity index (χ3n) is 6.77. The summed E-state index contributed by atoms with van der Waals surface area (Å²) in [5.41, 5.74) is 2.58. The van der Waals surface area contributed by atoms with Crippen molar-refractivity contribution in [3.8, 4) is 0 Å². The van der Waals surface area contributed by atoms with E-state index >= 15 is 0 Å². The van der Waals surface area contributed by atoms with E-state index in [-0.39, 0.29) is 16.7 Å². The first kappa shape index (κ1) is 24.7. The summed E-state index contributed by atoms with van der Waals surface area (Å²) in [6.45, 7) is 6.70. The quantitative estimate of drug-likeness (QED) is 0.385. The Labute approximate surface area is 204 Å². The van der Waals surface area contributed by atoms with Crippen molar-refractivity contribution in [1.82, 2.24) is 14.8 Å². The molecule has 4 rings (SSSR count). The number of fused-ring (bicyclic) bond motifs is 1. The van der Waals surface area contributed by atoms with Gasteiger partial charge < -0.3 is 14.8 Å². The fourth-order valence-corrected chi connectivity index (χ4v) is 5.14. The van der Waals surface area contributed by atoms with E-state index in [2.05, 4.69) is 16.8 Å². The largest absolute Gasteiger partial charge is 0.361 e. The topological polar surface area (TPSA) is 39.3 Å². The zero-order valence-corrected chi connectivity index (χ0v) is 20.4. The number of rotatable bonds is 9. The first-order valence-corrected chi connectivity index (χ1v) is 12.5. The number of aromatic amines is 1. The molecule has 0 saturated carbocycles. The average Bonchev–Trinajstić information content (AvgIpc) is 3.23. The van der Waals surface area contributed by atoms with Crippen LogP contribution in [0.15, 0.2) is 42.6 Å². The average molecular weight is 488 g/mol. The molecule has 0 spiro atoms. The fourth-order valence-electron chi connectivity index (χ4n) is 4.96. The van der Waals surface area contributed by atoms with Crippen LogP contribution in [-0.2, 0) is 6.42 Å². The molecule has 1 aromatic heterocycles. The number of amides is 1. The van der Waals surface area contributed by atoms with Crippen molar-refractivity contribution < 1.29 is 13.6 Å². The lowest BCUT2D eigenvalue weighted by Gasteiger charge is -2.35. The molecule has 1 amide bonds. The van der Waals surface area contributed by atoms with E-state index in [0.29, 0.717) is 24.6 Å². The second-order valence-corrected chi connectivity index (χ2v) is 9.68. The van der Waals surface area contributed by atoms with Crippen LogP contribution in [0, 0.1) is 17.6 Å². The second kappa shape index (κ2) is 11.3. The Kier molecular flexibility index (Phi) is 8.22. The molecule has 0 bridgehead atoms. The van der Waals surface area contributed by atoms with Crippen LogP contribution in [0.25, 0.3) is 10.9 Å². The summed E-state index contributed by atoms with van der Waals surface area (Å²) in [6.07, 6.45) is 6.95. The number of carbonyl (C=O) groups excluding carboxylic acids is 1. The van der Waals surface area contributed by atoms with Gasteiger partial charge in [-0.15, -0.1) is 0 Å². The molecule has 1 saturated heterocycles. The minimum atomic E-state index is -0.509. The van der Waals surface area contributed by atoms with Crippen molar-refractivity contribution in [2.24, 2.45) is 5.92 Å². The van der Waals surface area contributed by atoms with E-state index in [4.69, 9.17) is 11.6 Å². The lowest BCUT2D eigenvalue weighted by molar-refractivity contribution is 0.0666. The normalized spacial score (nSPS) is 14.9. The highest BCUT2D eigenvalue weighted by molar-refractivity contribution is 6.31. The number of aryl methyl sites for hydroxylation is 1. The second-order valence-electron chi connectivity index (χ2n) is 9.27. The summed E-state index contributed by atoms with van der Waals surface area (Å²) < 4.78 is 27.1. The van der Waals surface area contributed by atoms with Gasteiger partial charge in [-0.25, -0.2) is 8.78 Å². The molecule has 0 unspecified atom stereocenters. The van der Waals surface area contributed by atoms with Gasteiger partial charge in [0.2, 0.25) is 0 Å². The van der Waals surface area contributed by atoms with Gasteiger partial charge in [-0.3, -0.25) is 4.79 Å². The van der Waals surface area contributed by atoms with Crippen molar-refractivity contribution in [1.29, 1.82) is 0 Å². The van der Waals surface area contributed by atoms with E-state index in [1.54, 1.807) is 12.1 Å². The molecule has 2 aromatic carbocycles. The van der Waals surface area contributed by atoms with Gasteiger partial charge in [-0.05, 0) is 93.1 Å². The zero-order valence-electron chi connectivity index (χ0n) is 19.6. The first-order valence-electron chi connectivity index (χ1n) is 12.2. The van der Waals surface area contributed by atoms with E-state index in [1.807, 2.05) is 11.1 Å². The van der Waals surface area contributed by atoms with E-state index in [0.717, 1.165) is 62.6 Å². The van der Waals surface area contributed by atoms with Crippen molar-refractivity contribution in [3.05, 3.63) is 70.4 Å². The lowest BCUT2D eigenvalue weighted by atomic mass is 9.95. The minimum Gasteiger partial charge on any atom is -0.361 e. The molecule has 1 fully saturated rings. The van der Waals surface area contributed by atoms with Crippen LogP contribution in [0.4, 0.5) is 8.78 Å². The number of H-pyrrole nitrogens is 1. The summed E-state index contributed by atoms with van der Waals surface area (Å²) >= 11 is 5.85. The fraction of sp³-hybridized carbons (Fsp3) is 0.444. The first-order chi connectivity index (χ1) is 16.4. The number of piperidine rings is 1. The molecule has 1 aliphatic rings. The molecule has 0 aliphatic carbocycles. The Morgan fingerprint density at radius 1 is 1.15 bits per heavy atom. The highest BCUT2D eigenvalue weighted by atomic mass is 35.5. The zero-order chi connectivity index (χ0) is 24.1. The van der Waals surface area contributed by atoms with E-state index in [9.17, 15) is 13.6 Å². The predicted molar refractivity (Wildman–Crippen MR) is 133 cm³/mol. The molecule has 2 heterocycles. The monoisotopic (exact) mass is 487 g/mol. The Balaban J connectivity index is 1.26. The third-order valence-corrected chi connectivity index (χ3v) is 7.06. The molecule has 0 atom stereocenters. The van der Waals surface area contributed by atoms with Crippen LogP contribution in [0.1, 0.15) is 48.5 Å². The highest BCUT2D eigenvalue weighted by Gasteiger charge is 2.25. The summed E-state index contributed by atoms with van der Waals surface area (Å²) in [6, 6.07) is 9.05. The molecule has 1 aliphatic heterocycles. The molecule has 3 aromatic rings. The van der Waals surface area contributed by atoms with Crippen LogP contribution >= 0.6 is 11.6 Å². The highest BCUT2D eigenvalue weighted by Crippen LogP contribution is 2.24. The van der Waals surface area contributed by atoms with Crippen molar-refractivity contribution in [2.45, 2.75) is 39.0 Å². The SMILES string of the molecule is CCCN(CCCc1c[nH]c2ccc(F)cc12)CC1CCN(C(=O)c2ccc(F)c(Cl)c2)CC1. The number of nitrogens with zero attached hydrogens (tertiary/aromatic N) is 2. The number of carbonyl (C=O) groups is 1. The van der Waals surface area contributed by atoms with Crippen LogP contribution in [0.2, 0.25) is 5.02 Å². The van der Waals surface area contributed by atoms with Gasteiger partial charge in [0.25, 0.3) is 5.91 Å². The lowest BCUT2D eigenvalue weighted by Crippen LogP contribution is -2.42. The van der Waals surface area contributed by atoms with Crippen LogP contribution in [-0.4, -0.2) is 53.4 Å². The minimum absolute atomic E-state index is 0.0197. The molecule has 0 radical (unpaired) electrons. The Morgan fingerprint density at radius 3 is 2.68 bits per heavy atom. The maximum absolute atomic E-state index is 13.6. The maximum atomic E-state index is 13.6. The van der Waals surface area contributed by atoms with Gasteiger partial charge in [-0.1, -0.05) is 18.5 Å². The van der Waals surface area contributed by atoms with Crippen LogP contribution in [0.3, 0.4) is 0 Å². The molecular formula is C27H32ClF2N3O. The summed E-state index contributed by atoms with van der Waals surface area (Å²) in [5.74, 6) is -0.242. The molecule has 182 valence electrons. The van der Waals surface area contributed by atoms with Crippen LogP contribution in [0.5, 0.6) is 0 Å². The number of aromatic nitrogens is 1. The number of nitrogens with one attached hydrogen (secondary N) is 1. The van der Waals surface area contributed by atoms with Crippen LogP contribution < -0.4 is 0 Å². The number of halogens is 3. The number of likely N-dealkylation sites (tertiary alicyclic amines) is 1. The van der Waals surface area contributed by atoms with Gasteiger partial charge >= 0.3 is 0 Å². The predicted octanol–water partition coefficient (Wildman–Crippen LogP) is 6.30. The smallest absolute Gasteiger partial charge is 0.253 e. The van der Waals surface area contributed by atoms with E-state index < -0.39 is 5.82 Å². The van der Waals surface area contributed by atoms with Gasteiger partial charge in [0, 0.05) is 42.3 Å². The van der Waals surface area contributed by atoms with Gasteiger partial charge in [0.1, 0.15) is 11.6 Å². The number of hydrogen-bond acceptors (Lipinski definition) is 2. The van der Waals surface area contributed by atoms with Gasteiger partial charge in [0.15, 0.2) is 0 Å². The van der Waals surface area contributed by atoms with Gasteiger partial charge in [-0.2, -0.15) is 0 Å². The molecule has 7 heteroatoms. The summed E-state index contributed by atoms with van der Waals surface area (Å²) in [5, 5.41) is 0.954. The van der Waals surface area contributed by atoms with Crippen molar-refractivity contribution in [2.75, 3.05) is 32.7 Å². The molecule has 4 nitrogen and oxygen atoms in total. The Morgan fingerprint density at radius 2 is 1.94 bits per heavy atom. The van der Waals surface area contributed by atoms with E-state index in [1.165, 1.54) is 29.8 Å². The van der Waals surface area contributed by atoms with Gasteiger partial charge in [0.05, 0.1) is 5.02 Å². The molecule has 34 heavy (non-hydrogen) atoms. The Bertz CT molecular complexity index is 1120. The van der Waals surface area contributed by atoms with Crippen molar-refractivity contribution in [3.63, 3.8) is 0 Å².